The normalized spacial score (nSPS) is 42.8. The molecule has 1 saturated carbocycles. The first kappa shape index (κ1) is 24.4. The number of hydrogen-bond donors (Lipinski definition) is 5. The Labute approximate surface area is 208 Å². The molecule has 0 amide bonds. The molecule has 3 fully saturated rings. The second kappa shape index (κ2) is 9.13. The minimum atomic E-state index is -1.83. The van der Waals surface area contributed by atoms with Gasteiger partial charge in [0.15, 0.2) is 0 Å². The summed E-state index contributed by atoms with van der Waals surface area (Å²) in [5.41, 5.74) is 1.83. The van der Waals surface area contributed by atoms with Gasteiger partial charge in [0.05, 0.1) is 12.1 Å². The Hall–Kier alpha value is -0.750. The second-order valence-corrected chi connectivity index (χ2v) is 9.27. The maximum absolute atomic E-state index is 11.2. The molecule has 0 radical (unpaired) electrons. The molecule has 170 valence electrons. The summed E-state index contributed by atoms with van der Waals surface area (Å²) in [5, 5.41) is 55.9. The Morgan fingerprint density at radius 3 is 2.66 bits per heavy atom. The third kappa shape index (κ3) is 3.72. The zero-order valence-electron chi connectivity index (χ0n) is 18.0. The molecular formula is C22H28NNaO8. The van der Waals surface area contributed by atoms with Crippen LogP contribution in [0.25, 0.3) is 0 Å². The molecule has 9 nitrogen and oxygen atoms in total. The van der Waals surface area contributed by atoms with Crippen molar-refractivity contribution in [3.63, 3.8) is 0 Å². The molecule has 2 aliphatic carbocycles. The molecule has 5 N–H and O–H groups in total. The number of nitrogens with one attached hydrogen (secondary N) is 1. The predicted octanol–water partition coefficient (Wildman–Crippen LogP) is -4.54. The van der Waals surface area contributed by atoms with Crippen molar-refractivity contribution < 1.29 is 69.4 Å². The summed E-state index contributed by atoms with van der Waals surface area (Å²) in [6, 6.07) is 5.31. The van der Waals surface area contributed by atoms with Crippen molar-refractivity contribution in [1.82, 2.24) is 5.32 Å². The van der Waals surface area contributed by atoms with Gasteiger partial charge in [-0.25, -0.2) is 0 Å². The summed E-state index contributed by atoms with van der Waals surface area (Å²) < 4.78 is 10.9. The topological polar surface area (TPSA) is 152 Å². The van der Waals surface area contributed by atoms with E-state index in [1.54, 1.807) is 12.1 Å². The number of aliphatic hydroxyl groups is 4. The van der Waals surface area contributed by atoms with Crippen LogP contribution in [0.5, 0.6) is 5.75 Å². The summed E-state index contributed by atoms with van der Waals surface area (Å²) in [6.45, 7) is 0.824. The van der Waals surface area contributed by atoms with Crippen LogP contribution in [-0.4, -0.2) is 69.7 Å². The third-order valence-corrected chi connectivity index (χ3v) is 7.76. The Bertz CT molecular complexity index is 866. The van der Waals surface area contributed by atoms with Crippen molar-refractivity contribution in [2.24, 2.45) is 5.92 Å². The van der Waals surface area contributed by atoms with Gasteiger partial charge in [-0.2, -0.15) is 0 Å². The van der Waals surface area contributed by atoms with E-state index >= 15 is 0 Å². The van der Waals surface area contributed by atoms with Gasteiger partial charge >= 0.3 is 29.6 Å². The SMILES string of the molecule is O=C([O-])[C@H]1O[C@@H](Oc2ccc3c(c2)[C@]24CCCC[C@@H]2[C@@H](NCC4)C3O)[C@H](O)[C@@H](O)[C@@H]1O.[Na+]. The van der Waals surface area contributed by atoms with Crippen LogP contribution in [0, 0.1) is 5.92 Å². The van der Waals surface area contributed by atoms with E-state index < -0.39 is 42.8 Å². The summed E-state index contributed by atoms with van der Waals surface area (Å²) in [5.74, 6) is -1.04. The number of aliphatic carboxylic acids is 1. The first-order chi connectivity index (χ1) is 14.8. The zero-order chi connectivity index (χ0) is 21.9. The molecule has 10 heteroatoms. The molecule has 2 aliphatic heterocycles. The Balaban J connectivity index is 0.00000245. The van der Waals surface area contributed by atoms with Crippen molar-refractivity contribution in [1.29, 1.82) is 0 Å². The fraction of sp³-hybridized carbons (Fsp3) is 0.682. The summed E-state index contributed by atoms with van der Waals surface area (Å²) in [7, 11) is 0. The average molecular weight is 457 g/mol. The Morgan fingerprint density at radius 1 is 1.12 bits per heavy atom. The van der Waals surface area contributed by atoms with Crippen LogP contribution in [0.15, 0.2) is 18.2 Å². The van der Waals surface area contributed by atoms with Crippen molar-refractivity contribution in [2.45, 2.75) is 80.4 Å². The number of ether oxygens (including phenoxy) is 2. The van der Waals surface area contributed by atoms with Crippen LogP contribution < -0.4 is 44.7 Å². The van der Waals surface area contributed by atoms with Crippen LogP contribution in [-0.2, 0) is 14.9 Å². The quantitative estimate of drug-likeness (QED) is 0.283. The van der Waals surface area contributed by atoms with Crippen LogP contribution >= 0.6 is 0 Å². The maximum Gasteiger partial charge on any atom is 1.00 e. The van der Waals surface area contributed by atoms with Crippen molar-refractivity contribution in [3.8, 4) is 5.75 Å². The van der Waals surface area contributed by atoms with Gasteiger partial charge in [-0.3, -0.25) is 0 Å². The van der Waals surface area contributed by atoms with E-state index in [0.29, 0.717) is 11.7 Å². The number of piperidine rings is 1. The molecule has 4 aliphatic rings. The number of benzene rings is 1. The Kier molecular flexibility index (Phi) is 6.95. The molecule has 2 heterocycles. The molecule has 2 saturated heterocycles. The second-order valence-electron chi connectivity index (χ2n) is 9.27. The van der Waals surface area contributed by atoms with E-state index in [1.807, 2.05) is 6.07 Å². The summed E-state index contributed by atoms with van der Waals surface area (Å²) in [6.07, 6.45) is -3.89. The fourth-order valence-electron chi connectivity index (χ4n) is 6.27. The minimum absolute atomic E-state index is 0. The predicted molar refractivity (Wildman–Crippen MR) is 104 cm³/mol. The van der Waals surface area contributed by atoms with Gasteiger partial charge in [-0.1, -0.05) is 18.9 Å². The van der Waals surface area contributed by atoms with Crippen LogP contribution in [0.3, 0.4) is 0 Å². The van der Waals surface area contributed by atoms with E-state index in [4.69, 9.17) is 9.47 Å². The van der Waals surface area contributed by atoms with Crippen LogP contribution in [0.4, 0.5) is 0 Å². The van der Waals surface area contributed by atoms with E-state index in [1.165, 1.54) is 0 Å². The molecule has 0 aromatic heterocycles. The smallest absolute Gasteiger partial charge is 0.547 e. The van der Waals surface area contributed by atoms with Crippen molar-refractivity contribution >= 4 is 5.97 Å². The number of carboxylic acids is 1. The van der Waals surface area contributed by atoms with Crippen molar-refractivity contribution in [2.75, 3.05) is 6.54 Å². The van der Waals surface area contributed by atoms with Crippen molar-refractivity contribution in [3.05, 3.63) is 29.3 Å². The molecule has 5 rings (SSSR count). The molecule has 1 aromatic rings. The number of carboxylic acid groups (broad SMARTS) is 1. The average Bonchev–Trinajstić information content (AvgIpc) is 2.77. The van der Waals surface area contributed by atoms with Gasteiger partial charge in [-0.05, 0) is 55.0 Å². The van der Waals surface area contributed by atoms with Gasteiger partial charge in [0, 0.05) is 11.5 Å². The first-order valence-electron chi connectivity index (χ1n) is 11.0. The van der Waals surface area contributed by atoms with Gasteiger partial charge in [0.2, 0.25) is 6.29 Å². The fourth-order valence-corrected chi connectivity index (χ4v) is 6.27. The molecule has 1 unspecified atom stereocenters. The molecular weight excluding hydrogens is 429 g/mol. The maximum atomic E-state index is 11.2. The number of aliphatic hydroxyl groups excluding tert-OH is 4. The minimum Gasteiger partial charge on any atom is -0.547 e. The molecule has 2 bridgehead atoms. The number of carbonyl (C=O) groups is 1. The Morgan fingerprint density at radius 2 is 1.91 bits per heavy atom. The summed E-state index contributed by atoms with van der Waals surface area (Å²) >= 11 is 0. The van der Waals surface area contributed by atoms with E-state index in [0.717, 1.165) is 49.8 Å². The largest absolute Gasteiger partial charge is 1.00 e. The van der Waals surface area contributed by atoms with E-state index in [2.05, 4.69) is 5.32 Å². The summed E-state index contributed by atoms with van der Waals surface area (Å²) in [4.78, 5) is 11.2. The molecule has 32 heavy (non-hydrogen) atoms. The van der Waals surface area contributed by atoms with E-state index in [-0.39, 0.29) is 41.0 Å². The molecule has 1 aromatic carbocycles. The van der Waals surface area contributed by atoms with Gasteiger partial charge < -0.3 is 45.1 Å². The third-order valence-electron chi connectivity index (χ3n) is 7.76. The number of hydrogen-bond acceptors (Lipinski definition) is 9. The zero-order valence-corrected chi connectivity index (χ0v) is 20.0. The van der Waals surface area contributed by atoms with Gasteiger partial charge in [-0.15, -0.1) is 0 Å². The monoisotopic (exact) mass is 457 g/mol. The standard InChI is InChI=1S/C22H29NO8.Na/c24-15-11-5-4-10(30-21-18(27)16(25)17(26)19(31-21)20(28)29)9-13(11)22-6-2-1-3-12(22)14(15)23-8-7-22;/h4-5,9,12,14-19,21,23-27H,1-3,6-8H2,(H,28,29);/q;+1/p-1/t12-,14-,15?,16+,17+,18-,19+,21-,22+;/m1./s1. The molecule has 9 atom stereocenters. The number of fused-ring (bicyclic) bond motifs is 1. The van der Waals surface area contributed by atoms with Gasteiger partial charge in [0.1, 0.15) is 30.2 Å². The van der Waals surface area contributed by atoms with Gasteiger partial charge in [0.25, 0.3) is 0 Å². The van der Waals surface area contributed by atoms with Crippen LogP contribution in [0.2, 0.25) is 0 Å². The number of carbonyl (C=O) groups excluding carboxylic acids is 1. The van der Waals surface area contributed by atoms with Crippen LogP contribution in [0.1, 0.15) is 49.3 Å². The first-order valence-corrected chi connectivity index (χ1v) is 11.0. The number of rotatable bonds is 3. The van der Waals surface area contributed by atoms with E-state index in [9.17, 15) is 30.3 Å². The molecule has 0 spiro atoms.